The monoisotopic (exact) mass is 358 g/mol. The summed E-state index contributed by atoms with van der Waals surface area (Å²) in [6, 6.07) is 0. The Morgan fingerprint density at radius 2 is 1.67 bits per heavy atom. The highest BCUT2D eigenvalue weighted by atomic mass is 127. The predicted molar refractivity (Wildman–Crippen MR) is 84.8 cm³/mol. The van der Waals surface area contributed by atoms with Gasteiger partial charge in [0.05, 0.1) is 0 Å². The molecule has 4 aliphatic carbocycles. The van der Waals surface area contributed by atoms with E-state index in [2.05, 4.69) is 36.4 Å². The Kier molecular flexibility index (Phi) is 2.85. The molecule has 0 amide bonds. The first-order chi connectivity index (χ1) is 8.59. The number of hydrogen-bond donors (Lipinski definition) is 0. The van der Waals surface area contributed by atoms with E-state index >= 15 is 0 Å². The molecule has 4 aliphatic rings. The fraction of sp³-hybridized carbons (Fsp3) is 1.00. The molecule has 0 aromatic carbocycles. The first-order valence-corrected chi connectivity index (χ1v) is 9.36. The van der Waals surface area contributed by atoms with E-state index in [1.165, 1.54) is 0 Å². The second-order valence-electron chi connectivity index (χ2n) is 8.05. The van der Waals surface area contributed by atoms with Crippen LogP contribution in [0.4, 0.5) is 0 Å². The average Bonchev–Trinajstić information content (AvgIpc) is 3.07. The fourth-order valence-corrected chi connectivity index (χ4v) is 8.02. The van der Waals surface area contributed by atoms with Crippen LogP contribution in [0.5, 0.6) is 0 Å². The molecule has 0 spiro atoms. The van der Waals surface area contributed by atoms with Crippen LogP contribution in [0.2, 0.25) is 0 Å². The second-order valence-corrected chi connectivity index (χ2v) is 10.1. The van der Waals surface area contributed by atoms with Gasteiger partial charge in [-0.15, -0.1) is 0 Å². The quantitative estimate of drug-likeness (QED) is 0.464. The number of hydrogen-bond acceptors (Lipinski definition) is 0. The smallest absolute Gasteiger partial charge is 0.0281 e. The van der Waals surface area contributed by atoms with Crippen molar-refractivity contribution < 1.29 is 0 Å². The Balaban J connectivity index is 1.54. The molecule has 1 heteroatoms. The van der Waals surface area contributed by atoms with E-state index in [0.29, 0.717) is 3.42 Å². The Morgan fingerprint density at radius 3 is 2.28 bits per heavy atom. The summed E-state index contributed by atoms with van der Waals surface area (Å²) in [4.78, 5) is 0. The summed E-state index contributed by atoms with van der Waals surface area (Å²) in [6.07, 6.45) is 10.9. The third-order valence-corrected chi connectivity index (χ3v) is 10.0. The molecule has 8 unspecified atom stereocenters. The normalized spacial score (nSPS) is 61.8. The van der Waals surface area contributed by atoms with E-state index in [-0.39, 0.29) is 0 Å². The maximum atomic E-state index is 2.92. The van der Waals surface area contributed by atoms with Crippen LogP contribution in [0.3, 0.4) is 0 Å². The number of fused-ring (bicyclic) bond motifs is 4. The maximum absolute atomic E-state index is 2.92. The van der Waals surface area contributed by atoms with Gasteiger partial charge in [-0.1, -0.05) is 36.4 Å². The van der Waals surface area contributed by atoms with Gasteiger partial charge in [-0.2, -0.15) is 0 Å². The minimum Gasteiger partial charge on any atom is -0.0783 e. The largest absolute Gasteiger partial charge is 0.0783 e. The molecular weight excluding hydrogens is 331 g/mol. The van der Waals surface area contributed by atoms with Crippen molar-refractivity contribution in [2.24, 2.45) is 41.4 Å². The zero-order valence-corrected chi connectivity index (χ0v) is 14.0. The van der Waals surface area contributed by atoms with Gasteiger partial charge in [0.25, 0.3) is 0 Å². The maximum Gasteiger partial charge on any atom is 0.0281 e. The Hall–Kier alpha value is 0.730. The van der Waals surface area contributed by atoms with Gasteiger partial charge < -0.3 is 0 Å². The van der Waals surface area contributed by atoms with Gasteiger partial charge in [0.2, 0.25) is 0 Å². The van der Waals surface area contributed by atoms with Gasteiger partial charge in [-0.3, -0.25) is 0 Å². The van der Waals surface area contributed by atoms with Crippen LogP contribution in [0, 0.1) is 41.4 Å². The molecule has 4 bridgehead atoms. The summed E-state index contributed by atoms with van der Waals surface area (Å²) in [7, 11) is 0. The van der Waals surface area contributed by atoms with Crippen LogP contribution in [0.15, 0.2) is 0 Å². The molecule has 18 heavy (non-hydrogen) atoms. The number of alkyl halides is 1. The molecule has 0 saturated heterocycles. The van der Waals surface area contributed by atoms with Crippen molar-refractivity contribution in [1.29, 1.82) is 0 Å². The highest BCUT2D eigenvalue weighted by Gasteiger charge is 2.57. The van der Waals surface area contributed by atoms with Gasteiger partial charge in [0.15, 0.2) is 0 Å². The summed E-state index contributed by atoms with van der Waals surface area (Å²) in [5.41, 5.74) is 0. The summed E-state index contributed by atoms with van der Waals surface area (Å²) >= 11 is 2.92. The van der Waals surface area contributed by atoms with Crippen molar-refractivity contribution in [2.75, 3.05) is 0 Å². The Bertz CT molecular complexity index is 346. The van der Waals surface area contributed by atoms with E-state index in [1.54, 1.807) is 44.9 Å². The van der Waals surface area contributed by atoms with Crippen LogP contribution < -0.4 is 0 Å². The van der Waals surface area contributed by atoms with Crippen molar-refractivity contribution in [2.45, 2.75) is 62.2 Å². The zero-order chi connectivity index (χ0) is 12.5. The minimum absolute atomic E-state index is 0.685. The van der Waals surface area contributed by atoms with Crippen LogP contribution >= 0.6 is 22.6 Å². The lowest BCUT2D eigenvalue weighted by atomic mass is 9.69. The Morgan fingerprint density at radius 1 is 0.944 bits per heavy atom. The van der Waals surface area contributed by atoms with Gasteiger partial charge in [-0.05, 0) is 86.4 Å². The third-order valence-electron chi connectivity index (χ3n) is 7.70. The predicted octanol–water partition coefficient (Wildman–Crippen LogP) is 5.30. The lowest BCUT2D eigenvalue weighted by molar-refractivity contribution is 0.168. The topological polar surface area (TPSA) is 0 Å². The molecule has 102 valence electrons. The first-order valence-electron chi connectivity index (χ1n) is 8.28. The second kappa shape index (κ2) is 4.11. The SMILES string of the molecule is CC1C2CCC(C2)C1CC1(I)C2CCC(C2)C1C. The van der Waals surface area contributed by atoms with Crippen LogP contribution in [0.25, 0.3) is 0 Å². The standard InChI is InChI=1S/C17H27I/c1-10-12-3-4-14(7-12)16(10)9-17(18)11(2)13-5-6-15(17)8-13/h10-16H,3-9H2,1-2H3. The molecular formula is C17H27I. The molecule has 0 radical (unpaired) electrons. The van der Waals surface area contributed by atoms with Gasteiger partial charge in [0, 0.05) is 3.42 Å². The summed E-state index contributed by atoms with van der Waals surface area (Å²) in [5.74, 6) is 7.51. The number of rotatable bonds is 2. The van der Waals surface area contributed by atoms with Crippen molar-refractivity contribution >= 4 is 22.6 Å². The summed E-state index contributed by atoms with van der Waals surface area (Å²) < 4.78 is 0.685. The number of halogens is 1. The van der Waals surface area contributed by atoms with Crippen molar-refractivity contribution in [3.8, 4) is 0 Å². The molecule has 4 saturated carbocycles. The molecule has 0 N–H and O–H groups in total. The van der Waals surface area contributed by atoms with Gasteiger partial charge >= 0.3 is 0 Å². The highest BCUT2D eigenvalue weighted by Crippen LogP contribution is 2.64. The molecule has 4 rings (SSSR count). The zero-order valence-electron chi connectivity index (χ0n) is 11.9. The minimum atomic E-state index is 0.685. The molecule has 0 nitrogen and oxygen atoms in total. The van der Waals surface area contributed by atoms with E-state index in [0.717, 1.165) is 41.4 Å². The van der Waals surface area contributed by atoms with Crippen LogP contribution in [0.1, 0.15) is 58.8 Å². The van der Waals surface area contributed by atoms with Crippen molar-refractivity contribution in [1.82, 2.24) is 0 Å². The van der Waals surface area contributed by atoms with Gasteiger partial charge in [0.1, 0.15) is 0 Å². The van der Waals surface area contributed by atoms with Crippen LogP contribution in [-0.4, -0.2) is 3.42 Å². The third kappa shape index (κ3) is 1.55. The van der Waals surface area contributed by atoms with E-state index in [4.69, 9.17) is 0 Å². The van der Waals surface area contributed by atoms with Gasteiger partial charge in [-0.25, -0.2) is 0 Å². The average molecular weight is 358 g/mol. The van der Waals surface area contributed by atoms with Crippen LogP contribution in [-0.2, 0) is 0 Å². The molecule has 0 aliphatic heterocycles. The summed E-state index contributed by atoms with van der Waals surface area (Å²) in [6.45, 7) is 5.15. The Labute approximate surface area is 126 Å². The van der Waals surface area contributed by atoms with Crippen molar-refractivity contribution in [3.05, 3.63) is 0 Å². The molecule has 0 aromatic heterocycles. The first kappa shape index (κ1) is 12.5. The van der Waals surface area contributed by atoms with E-state index < -0.39 is 0 Å². The van der Waals surface area contributed by atoms with E-state index in [9.17, 15) is 0 Å². The molecule has 8 atom stereocenters. The molecule has 4 fully saturated rings. The fourth-order valence-electron chi connectivity index (χ4n) is 6.43. The molecule has 0 aromatic rings. The van der Waals surface area contributed by atoms with Crippen molar-refractivity contribution in [3.63, 3.8) is 0 Å². The lowest BCUT2D eigenvalue weighted by Crippen LogP contribution is -2.40. The lowest BCUT2D eigenvalue weighted by Gasteiger charge is -2.42. The highest BCUT2D eigenvalue weighted by molar-refractivity contribution is 14.1. The van der Waals surface area contributed by atoms with E-state index in [1.807, 2.05) is 0 Å². The summed E-state index contributed by atoms with van der Waals surface area (Å²) in [5, 5.41) is 0. The molecule has 0 heterocycles.